The lowest BCUT2D eigenvalue weighted by Crippen LogP contribution is -2.32. The molecule has 5 rings (SSSR count). The van der Waals surface area contributed by atoms with Crippen molar-refractivity contribution in [1.29, 1.82) is 0 Å². The molecule has 1 aliphatic heterocycles. The third-order valence-corrected chi connectivity index (χ3v) is 6.60. The molecule has 0 saturated carbocycles. The molecule has 0 radical (unpaired) electrons. The van der Waals surface area contributed by atoms with Crippen LogP contribution < -0.4 is 25.4 Å². The number of ether oxygens (including phenoxy) is 2. The molecular formula is C30H29N5O4. The molecule has 0 bridgehead atoms. The molecule has 39 heavy (non-hydrogen) atoms. The van der Waals surface area contributed by atoms with Gasteiger partial charge in [0.15, 0.2) is 0 Å². The zero-order chi connectivity index (χ0) is 27.5. The number of anilines is 3. The van der Waals surface area contributed by atoms with Gasteiger partial charge in [-0.25, -0.2) is 4.68 Å². The molecule has 0 unspecified atom stereocenters. The second kappa shape index (κ2) is 10.7. The van der Waals surface area contributed by atoms with Crippen LogP contribution in [0.1, 0.15) is 34.5 Å². The van der Waals surface area contributed by atoms with Crippen molar-refractivity contribution in [2.24, 2.45) is 0 Å². The number of nitrogens with zero attached hydrogens (tertiary/aromatic N) is 2. The van der Waals surface area contributed by atoms with Crippen molar-refractivity contribution in [3.63, 3.8) is 0 Å². The summed E-state index contributed by atoms with van der Waals surface area (Å²) in [6, 6.07) is 21.5. The standard InChI is InChI=1S/C30H29N5O4/c1-18-5-9-21(10-6-18)33-29(36)25-17-31-35-27(20-7-13-23(38-3)14-8-20)26(19(2)32-28(25)35)30(37)34-22-11-15-24(39-4)16-12-22/h5-17,27,32H,1-4H3,(H,33,36)(H,34,37)/t27-/m0/s1. The summed E-state index contributed by atoms with van der Waals surface area (Å²) in [5.41, 5.74) is 4.66. The monoisotopic (exact) mass is 523 g/mol. The molecule has 0 spiro atoms. The highest BCUT2D eigenvalue weighted by Crippen LogP contribution is 2.38. The molecule has 9 heteroatoms. The normalized spacial score (nSPS) is 14.2. The van der Waals surface area contributed by atoms with Gasteiger partial charge in [-0.15, -0.1) is 0 Å². The highest BCUT2D eigenvalue weighted by molar-refractivity contribution is 6.09. The van der Waals surface area contributed by atoms with E-state index >= 15 is 0 Å². The van der Waals surface area contributed by atoms with Gasteiger partial charge in [-0.05, 0) is 67.9 Å². The Morgan fingerprint density at radius 1 is 0.795 bits per heavy atom. The molecule has 1 atom stereocenters. The fourth-order valence-corrected chi connectivity index (χ4v) is 4.52. The molecule has 9 nitrogen and oxygen atoms in total. The van der Waals surface area contributed by atoms with E-state index in [1.54, 1.807) is 43.2 Å². The third kappa shape index (κ3) is 5.19. The average molecular weight is 524 g/mol. The van der Waals surface area contributed by atoms with Crippen molar-refractivity contribution in [2.45, 2.75) is 19.9 Å². The minimum Gasteiger partial charge on any atom is -0.497 e. The number of hydrogen-bond acceptors (Lipinski definition) is 6. The zero-order valence-corrected chi connectivity index (χ0v) is 22.1. The van der Waals surface area contributed by atoms with Gasteiger partial charge in [0.25, 0.3) is 11.8 Å². The molecule has 3 aromatic carbocycles. The molecule has 4 aromatic rings. The van der Waals surface area contributed by atoms with E-state index in [9.17, 15) is 9.59 Å². The summed E-state index contributed by atoms with van der Waals surface area (Å²) in [6.07, 6.45) is 1.51. The molecule has 0 saturated heterocycles. The Labute approximate surface area is 226 Å². The number of carbonyl (C=O) groups is 2. The first-order valence-corrected chi connectivity index (χ1v) is 12.4. The maximum Gasteiger partial charge on any atom is 0.261 e. The van der Waals surface area contributed by atoms with Gasteiger partial charge in [-0.1, -0.05) is 29.8 Å². The van der Waals surface area contributed by atoms with Gasteiger partial charge in [0.2, 0.25) is 0 Å². The SMILES string of the molecule is COc1ccc(NC(=O)C2=C(C)Nc3c(C(=O)Nc4ccc(C)cc4)cnn3[C@H]2c2ccc(OC)cc2)cc1. The molecular weight excluding hydrogens is 494 g/mol. The molecule has 2 heterocycles. The first kappa shape index (κ1) is 25.6. The van der Waals surface area contributed by atoms with E-state index < -0.39 is 6.04 Å². The second-order valence-electron chi connectivity index (χ2n) is 9.19. The minimum atomic E-state index is -0.591. The number of nitrogens with one attached hydrogen (secondary N) is 3. The molecule has 1 aliphatic rings. The lowest BCUT2D eigenvalue weighted by Gasteiger charge is -2.30. The number of rotatable bonds is 7. The van der Waals surface area contributed by atoms with Crippen LogP contribution >= 0.6 is 0 Å². The van der Waals surface area contributed by atoms with Gasteiger partial charge >= 0.3 is 0 Å². The average Bonchev–Trinajstić information content (AvgIpc) is 3.37. The quantitative estimate of drug-likeness (QED) is 0.300. The van der Waals surface area contributed by atoms with Crippen LogP contribution in [0.15, 0.2) is 90.3 Å². The van der Waals surface area contributed by atoms with Gasteiger partial charge in [0.1, 0.15) is 28.9 Å². The smallest absolute Gasteiger partial charge is 0.261 e. The summed E-state index contributed by atoms with van der Waals surface area (Å²) < 4.78 is 12.2. The van der Waals surface area contributed by atoms with Crippen molar-refractivity contribution in [1.82, 2.24) is 9.78 Å². The Morgan fingerprint density at radius 2 is 1.33 bits per heavy atom. The van der Waals surface area contributed by atoms with E-state index in [2.05, 4.69) is 21.0 Å². The van der Waals surface area contributed by atoms with Crippen molar-refractivity contribution in [3.05, 3.63) is 107 Å². The summed E-state index contributed by atoms with van der Waals surface area (Å²) >= 11 is 0. The predicted octanol–water partition coefficient (Wildman–Crippen LogP) is 5.39. The number of allylic oxidation sites excluding steroid dienone is 1. The molecule has 3 N–H and O–H groups in total. The Morgan fingerprint density at radius 3 is 1.92 bits per heavy atom. The van der Waals surface area contributed by atoms with Gasteiger partial charge in [-0.3, -0.25) is 9.59 Å². The van der Waals surface area contributed by atoms with Crippen LogP contribution in [0.2, 0.25) is 0 Å². The van der Waals surface area contributed by atoms with Gasteiger partial charge < -0.3 is 25.4 Å². The van der Waals surface area contributed by atoms with Crippen LogP contribution in [0.3, 0.4) is 0 Å². The summed E-state index contributed by atoms with van der Waals surface area (Å²) in [5, 5.41) is 13.7. The Kier molecular flexibility index (Phi) is 7.05. The van der Waals surface area contributed by atoms with E-state index in [4.69, 9.17) is 9.47 Å². The van der Waals surface area contributed by atoms with E-state index in [1.165, 1.54) is 6.20 Å². The van der Waals surface area contributed by atoms with Crippen molar-refractivity contribution >= 4 is 29.0 Å². The number of fused-ring (bicyclic) bond motifs is 1. The fraction of sp³-hybridized carbons (Fsp3) is 0.167. The van der Waals surface area contributed by atoms with E-state index in [0.717, 1.165) is 11.1 Å². The van der Waals surface area contributed by atoms with Crippen LogP contribution in [-0.4, -0.2) is 35.8 Å². The second-order valence-corrected chi connectivity index (χ2v) is 9.19. The van der Waals surface area contributed by atoms with Crippen LogP contribution in [0.5, 0.6) is 11.5 Å². The molecule has 0 fully saturated rings. The minimum absolute atomic E-state index is 0.294. The number of aromatic nitrogens is 2. The predicted molar refractivity (Wildman–Crippen MR) is 150 cm³/mol. The number of benzene rings is 3. The summed E-state index contributed by atoms with van der Waals surface area (Å²) in [6.45, 7) is 3.80. The lowest BCUT2D eigenvalue weighted by molar-refractivity contribution is -0.113. The van der Waals surface area contributed by atoms with Gasteiger partial charge in [0.05, 0.1) is 26.0 Å². The van der Waals surface area contributed by atoms with E-state index in [0.29, 0.717) is 45.5 Å². The first-order valence-electron chi connectivity index (χ1n) is 12.4. The van der Waals surface area contributed by atoms with Crippen LogP contribution in [0.4, 0.5) is 17.2 Å². The Bertz CT molecular complexity index is 1540. The fourth-order valence-electron chi connectivity index (χ4n) is 4.52. The zero-order valence-electron chi connectivity index (χ0n) is 22.1. The lowest BCUT2D eigenvalue weighted by atomic mass is 9.94. The number of hydrogen-bond donors (Lipinski definition) is 3. The van der Waals surface area contributed by atoms with E-state index in [-0.39, 0.29) is 11.8 Å². The number of amides is 2. The van der Waals surface area contributed by atoms with E-state index in [1.807, 2.05) is 62.4 Å². The molecule has 1 aromatic heterocycles. The number of carbonyl (C=O) groups excluding carboxylic acids is 2. The largest absolute Gasteiger partial charge is 0.497 e. The van der Waals surface area contributed by atoms with Crippen LogP contribution in [-0.2, 0) is 4.79 Å². The summed E-state index contributed by atoms with van der Waals surface area (Å²) in [5.74, 6) is 1.28. The summed E-state index contributed by atoms with van der Waals surface area (Å²) in [7, 11) is 3.19. The molecule has 0 aliphatic carbocycles. The highest BCUT2D eigenvalue weighted by Gasteiger charge is 2.35. The maximum atomic E-state index is 13.7. The first-order chi connectivity index (χ1) is 18.9. The highest BCUT2D eigenvalue weighted by atomic mass is 16.5. The van der Waals surface area contributed by atoms with Crippen molar-refractivity contribution in [3.8, 4) is 11.5 Å². The maximum absolute atomic E-state index is 13.7. The van der Waals surface area contributed by atoms with Crippen LogP contribution in [0.25, 0.3) is 0 Å². The van der Waals surface area contributed by atoms with Crippen molar-refractivity contribution in [2.75, 3.05) is 30.2 Å². The Hall–Kier alpha value is -5.05. The van der Waals surface area contributed by atoms with Gasteiger partial charge in [0, 0.05) is 17.1 Å². The number of methoxy groups -OCH3 is 2. The molecule has 198 valence electrons. The third-order valence-electron chi connectivity index (χ3n) is 6.60. The molecule has 2 amide bonds. The van der Waals surface area contributed by atoms with Crippen molar-refractivity contribution < 1.29 is 19.1 Å². The summed E-state index contributed by atoms with van der Waals surface area (Å²) in [4.78, 5) is 26.9. The topological polar surface area (TPSA) is 107 Å². The van der Waals surface area contributed by atoms with Crippen LogP contribution in [0, 0.1) is 6.92 Å². The number of aryl methyl sites for hydroxylation is 1. The Balaban J connectivity index is 1.51. The van der Waals surface area contributed by atoms with Gasteiger partial charge in [-0.2, -0.15) is 5.10 Å².